The van der Waals surface area contributed by atoms with Gasteiger partial charge in [0.1, 0.15) is 249 Å². The highest BCUT2D eigenvalue weighted by Gasteiger charge is 2.70. The molecule has 0 amide bonds. The van der Waals surface area contributed by atoms with E-state index in [9.17, 15) is 163 Å². The van der Waals surface area contributed by atoms with E-state index in [2.05, 4.69) is 0 Å². The predicted molar refractivity (Wildman–Crippen MR) is 330 cm³/mol. The van der Waals surface area contributed by atoms with E-state index in [4.69, 9.17) is 90.0 Å². The van der Waals surface area contributed by atoms with Crippen LogP contribution in [0.5, 0.6) is 0 Å². The van der Waals surface area contributed by atoms with Gasteiger partial charge in [-0.2, -0.15) is 0 Å². The van der Waals surface area contributed by atoms with Crippen LogP contribution in [-0.4, -0.2) is 537 Å². The Labute approximate surface area is 625 Å². The smallest absolute Gasteiger partial charge is 0.224 e. The van der Waals surface area contributed by atoms with Gasteiger partial charge in [-0.1, -0.05) is 0 Å². The summed E-state index contributed by atoms with van der Waals surface area (Å²) in [7, 11) is 0. The lowest BCUT2D eigenvalue weighted by molar-refractivity contribution is -0.407. The quantitative estimate of drug-likeness (QED) is 0.0275. The van der Waals surface area contributed by atoms with Gasteiger partial charge in [0.2, 0.25) is 52.1 Å². The van der Waals surface area contributed by atoms with Gasteiger partial charge in [-0.15, -0.1) is 0 Å². The number of rotatable bonds is 37. The van der Waals surface area contributed by atoms with Crippen molar-refractivity contribution in [1.82, 2.24) is 0 Å². The number of hydrogen-bond donors (Lipinski definition) is 32. The van der Waals surface area contributed by atoms with Crippen LogP contribution >= 0.6 is 0 Å². The minimum Gasteiger partial charge on any atom is -0.394 e. The summed E-state index contributed by atoms with van der Waals surface area (Å²) in [5, 5.41) is 352. The summed E-state index contributed by atoms with van der Waals surface area (Å²) in [6.45, 7) is -24.8. The lowest BCUT2D eigenvalue weighted by atomic mass is 9.99. The molecule has 10 aliphatic heterocycles. The van der Waals surface area contributed by atoms with Crippen LogP contribution < -0.4 is 0 Å². The van der Waals surface area contributed by atoms with E-state index in [-0.39, 0.29) is 0 Å². The summed E-state index contributed by atoms with van der Waals surface area (Å²) in [5.41, 5.74) is 0. The van der Waals surface area contributed by atoms with Crippen LogP contribution in [0.15, 0.2) is 0 Å². The molecule has 0 bridgehead atoms. The predicted octanol–water partition coefficient (Wildman–Crippen LogP) is -22.8. The second kappa shape index (κ2) is 35.7. The van der Waals surface area contributed by atoms with E-state index in [0.717, 1.165) is 0 Å². The van der Waals surface area contributed by atoms with Crippen molar-refractivity contribution >= 4 is 0 Å². The fraction of sp³-hybridized carbons (Fsp3) is 1.00. The molecule has 10 saturated heterocycles. The second-order valence-corrected chi connectivity index (χ2v) is 28.6. The Morgan fingerprint density at radius 3 is 0.532 bits per heavy atom. The molecule has 10 heterocycles. The zero-order valence-corrected chi connectivity index (χ0v) is 58.5. The maximum absolute atomic E-state index is 12.0. The Morgan fingerprint density at radius 1 is 0.180 bits per heavy atom. The highest BCUT2D eigenvalue weighted by atomic mass is 16.9. The molecule has 7 unspecified atom stereocenters. The molecule has 41 atom stereocenters. The Kier molecular flexibility index (Phi) is 29.4. The van der Waals surface area contributed by atoms with Crippen molar-refractivity contribution in [3.8, 4) is 0 Å². The number of ether oxygens (including phenoxy) is 19. The molecule has 51 heteroatoms. The van der Waals surface area contributed by atoms with Crippen molar-refractivity contribution < 1.29 is 253 Å². The first-order valence-corrected chi connectivity index (χ1v) is 34.9. The van der Waals surface area contributed by atoms with Crippen molar-refractivity contribution in [2.24, 2.45) is 0 Å². The van der Waals surface area contributed by atoms with Gasteiger partial charge in [0.05, 0.1) is 66.1 Å². The van der Waals surface area contributed by atoms with Crippen LogP contribution in [-0.2, 0) is 90.0 Å². The average molecular weight is 1640 g/mol. The van der Waals surface area contributed by atoms with Crippen LogP contribution in [0.3, 0.4) is 0 Å². The molecule has 10 rings (SSSR count). The molecule has 0 aliphatic carbocycles. The topological polar surface area (TPSA) is 823 Å². The standard InChI is InChI=1S/C60H102O51/c61-1-20-30(72)40(82)41(83)51(101-20)111-60(50(92)39(81)29(10-70)110-60)19-100-59(49(91)38(80)28(9-69)109-59)18-99-58(48(90)37(79)27(8-68)108-58)17-98-57(47(89)36(78)26(7-67)107-57)16-97-56(46(88)35(77)25(6-66)106-56)15-96-55(45(87)34(76)24(5-65)105-55)14-95-54(44(86)33(75)23(4-64)104-54)13-94-53(43(85)32(74)22(3-63)103-53)12-93-52(11-71)42(84)31(73)21(2-62)102-52/h20-51,61-92H,1-19H2/t20-,21-,22-,23-,24-,25-,26-,27-,28-,29-,30-,31-,32-,33-,34-,35-,36?,37-,38?,39-,40+,41-,42+,43?,44?,45+,46?,47+,48?,49+,50?,51-,52-,53-,54-,55-,56-,57-,58-,59-,60+/m1/s1. The van der Waals surface area contributed by atoms with Gasteiger partial charge in [-0.05, 0) is 0 Å². The molecule has 10 aliphatic rings. The molecular weight excluding hydrogens is 1540 g/mol. The summed E-state index contributed by atoms with van der Waals surface area (Å²) >= 11 is 0. The largest absolute Gasteiger partial charge is 0.394 e. The lowest BCUT2D eigenvalue weighted by Crippen LogP contribution is -2.64. The zero-order chi connectivity index (χ0) is 81.8. The summed E-state index contributed by atoms with van der Waals surface area (Å²) in [5.74, 6) is -27.6. The maximum atomic E-state index is 12.0. The van der Waals surface area contributed by atoms with E-state index in [1.54, 1.807) is 0 Å². The Bertz CT molecular complexity index is 2950. The Balaban J connectivity index is 0.956. The van der Waals surface area contributed by atoms with Crippen LogP contribution in [0.1, 0.15) is 0 Å². The van der Waals surface area contributed by atoms with E-state index in [1.807, 2.05) is 0 Å². The molecule has 0 aromatic heterocycles. The maximum Gasteiger partial charge on any atom is 0.224 e. The van der Waals surface area contributed by atoms with Gasteiger partial charge in [-0.3, -0.25) is 0 Å². The van der Waals surface area contributed by atoms with Gasteiger partial charge in [0, 0.05) is 0 Å². The molecule has 0 aromatic carbocycles. The van der Waals surface area contributed by atoms with Crippen molar-refractivity contribution in [2.45, 2.75) is 248 Å². The molecule has 111 heavy (non-hydrogen) atoms. The first-order valence-electron chi connectivity index (χ1n) is 34.9. The van der Waals surface area contributed by atoms with Gasteiger partial charge >= 0.3 is 0 Å². The van der Waals surface area contributed by atoms with E-state index in [1.165, 1.54) is 0 Å². The second-order valence-electron chi connectivity index (χ2n) is 28.6. The van der Waals surface area contributed by atoms with Gasteiger partial charge in [0.15, 0.2) is 6.29 Å². The molecule has 0 saturated carbocycles. The number of hydrogen-bond acceptors (Lipinski definition) is 51. The van der Waals surface area contributed by atoms with Crippen molar-refractivity contribution in [1.29, 1.82) is 0 Å². The third-order valence-corrected chi connectivity index (χ3v) is 21.7. The molecular formula is C60H102O51. The van der Waals surface area contributed by atoms with Crippen LogP contribution in [0.4, 0.5) is 0 Å². The van der Waals surface area contributed by atoms with Crippen molar-refractivity contribution in [2.75, 3.05) is 126 Å². The number of aliphatic hydroxyl groups is 32. The summed E-state index contributed by atoms with van der Waals surface area (Å²) in [6, 6.07) is 0. The molecule has 0 radical (unpaired) electrons. The third kappa shape index (κ3) is 16.3. The molecule has 648 valence electrons. The highest BCUT2D eigenvalue weighted by Crippen LogP contribution is 2.48. The lowest BCUT2D eigenvalue weighted by Gasteiger charge is -2.45. The SMILES string of the molecule is OC[C@H]1O[C@@](CO[C@]2(CO[C@]3(CO[C@]4(CO[C@]5(CO[C@]6(CO)O[C@H](CO)[C@@H](O)[C@@H]6O)O[C@H](CO)[C@@H](O)C5O)O[C@H](CO)[C@@H](O)C4O)O[C@H](CO)[C@@H](O)[C@@H]3O)O[C@H](CO)[C@@H](O)C2O)(OC[C@@]2(OC[C@@]3(OC[C@@]4(O[C@H]5O[C@H](CO)[C@@H](O)[C@H](O)[C@H]5O)O[C@H](CO)[C@@H](O)C4O)O[C@H](CO)C(O)[C@@H]3O)O[C@H](CO)[C@@H](O)C2O)[C@@H](O)C1O. The molecule has 32 N–H and O–H groups in total. The van der Waals surface area contributed by atoms with E-state index >= 15 is 0 Å². The fourth-order valence-corrected chi connectivity index (χ4v) is 14.7. The fourth-order valence-electron chi connectivity index (χ4n) is 14.7. The Morgan fingerprint density at radius 2 is 0.342 bits per heavy atom. The molecule has 10 fully saturated rings. The van der Waals surface area contributed by atoms with Crippen molar-refractivity contribution in [3.63, 3.8) is 0 Å². The minimum absolute atomic E-state index is 0.964. The normalized spacial score (nSPS) is 52.8. The van der Waals surface area contributed by atoms with E-state index < -0.39 is 373 Å². The summed E-state index contributed by atoms with van der Waals surface area (Å²) < 4.78 is 111. The first kappa shape index (κ1) is 91.3. The summed E-state index contributed by atoms with van der Waals surface area (Å²) in [6.07, 6.45) is -69.6. The van der Waals surface area contributed by atoms with Crippen LogP contribution in [0, 0.1) is 0 Å². The van der Waals surface area contributed by atoms with E-state index in [0.29, 0.717) is 0 Å². The molecule has 0 spiro atoms. The van der Waals surface area contributed by atoms with Gasteiger partial charge in [0.25, 0.3) is 0 Å². The first-order chi connectivity index (χ1) is 52.4. The zero-order valence-electron chi connectivity index (χ0n) is 58.5. The third-order valence-electron chi connectivity index (χ3n) is 21.7. The highest BCUT2D eigenvalue weighted by molar-refractivity contribution is 5.09. The molecule has 51 nitrogen and oxygen atoms in total. The van der Waals surface area contributed by atoms with Gasteiger partial charge < -0.3 is 253 Å². The number of aliphatic hydroxyl groups excluding tert-OH is 32. The van der Waals surface area contributed by atoms with Crippen LogP contribution in [0.2, 0.25) is 0 Å². The average Bonchev–Trinajstić information content (AvgIpc) is 1.61. The summed E-state index contributed by atoms with van der Waals surface area (Å²) in [4.78, 5) is 0. The van der Waals surface area contributed by atoms with Crippen molar-refractivity contribution in [3.05, 3.63) is 0 Å². The van der Waals surface area contributed by atoms with Crippen LogP contribution in [0.25, 0.3) is 0 Å². The molecule has 0 aromatic rings. The van der Waals surface area contributed by atoms with Gasteiger partial charge in [-0.25, -0.2) is 0 Å². The monoisotopic (exact) mass is 1640 g/mol. The minimum atomic E-state index is -3.20. The Hall–Kier alpha value is -2.04.